The number of aryl methyl sites for hydroxylation is 1. The molecule has 0 N–H and O–H groups in total. The Morgan fingerprint density at radius 1 is 1.41 bits per heavy atom. The minimum Gasteiger partial charge on any atom is -0.354 e. The molecule has 4 heteroatoms. The number of pyridine rings is 1. The van der Waals surface area contributed by atoms with Crippen molar-refractivity contribution in [2.24, 2.45) is 0 Å². The summed E-state index contributed by atoms with van der Waals surface area (Å²) in [6.07, 6.45) is 2.34. The van der Waals surface area contributed by atoms with Crippen molar-refractivity contribution in [2.45, 2.75) is 44.6 Å². The Balaban J connectivity index is 1.99. The molecule has 0 saturated carbocycles. The maximum Gasteiger partial charge on any atom is 0.290 e. The Labute approximate surface area is 99.6 Å². The zero-order valence-corrected chi connectivity index (χ0v) is 9.92. The lowest BCUT2D eigenvalue weighted by Crippen LogP contribution is -2.46. The van der Waals surface area contributed by atoms with Crippen molar-refractivity contribution in [3.05, 3.63) is 23.4 Å². The van der Waals surface area contributed by atoms with Gasteiger partial charge in [0, 0.05) is 19.0 Å². The van der Waals surface area contributed by atoms with Crippen LogP contribution in [0.3, 0.4) is 0 Å². The van der Waals surface area contributed by atoms with E-state index in [-0.39, 0.29) is 12.1 Å². The summed E-state index contributed by atoms with van der Waals surface area (Å²) < 4.78 is 27.6. The van der Waals surface area contributed by atoms with Crippen molar-refractivity contribution < 1.29 is 8.78 Å². The molecule has 1 aromatic heterocycles. The summed E-state index contributed by atoms with van der Waals surface area (Å²) in [6, 6.07) is 4.14. The van der Waals surface area contributed by atoms with Gasteiger partial charge in [0.25, 0.3) is 5.92 Å². The molecule has 92 valence electrons. The Kier molecular flexibility index (Phi) is 2.35. The van der Waals surface area contributed by atoms with E-state index in [4.69, 9.17) is 0 Å². The quantitative estimate of drug-likeness (QED) is 0.747. The van der Waals surface area contributed by atoms with Crippen LogP contribution in [0, 0.1) is 0 Å². The lowest BCUT2D eigenvalue weighted by Gasteiger charge is -2.40. The number of halogens is 2. The number of nitrogens with zero attached hydrogens (tertiary/aromatic N) is 2. The first-order valence-electron chi connectivity index (χ1n) is 6.23. The minimum atomic E-state index is -2.74. The summed E-state index contributed by atoms with van der Waals surface area (Å²) in [7, 11) is 0. The fraction of sp³-hybridized carbons (Fsp3) is 0.615. The lowest BCUT2D eigenvalue weighted by molar-refractivity contribution is -0.0262. The van der Waals surface area contributed by atoms with Crippen LogP contribution in [0.1, 0.15) is 37.4 Å². The molecule has 0 spiro atoms. The normalized spacial score (nSPS) is 26.3. The van der Waals surface area contributed by atoms with Crippen LogP contribution >= 0.6 is 0 Å². The molecule has 1 aliphatic heterocycles. The molecule has 3 rings (SSSR count). The maximum atomic E-state index is 13.8. The van der Waals surface area contributed by atoms with E-state index in [9.17, 15) is 8.78 Å². The average molecular weight is 238 g/mol. The first kappa shape index (κ1) is 10.9. The Morgan fingerprint density at radius 2 is 2.24 bits per heavy atom. The van der Waals surface area contributed by atoms with Gasteiger partial charge < -0.3 is 4.90 Å². The van der Waals surface area contributed by atoms with E-state index >= 15 is 0 Å². The third kappa shape index (κ3) is 1.70. The van der Waals surface area contributed by atoms with Gasteiger partial charge in [0.2, 0.25) is 0 Å². The van der Waals surface area contributed by atoms with Crippen molar-refractivity contribution in [1.82, 2.24) is 4.98 Å². The highest BCUT2D eigenvalue weighted by molar-refractivity contribution is 5.46. The van der Waals surface area contributed by atoms with Crippen LogP contribution in [0.2, 0.25) is 0 Å². The van der Waals surface area contributed by atoms with E-state index in [2.05, 4.69) is 16.8 Å². The van der Waals surface area contributed by atoms with Gasteiger partial charge in [0.1, 0.15) is 11.5 Å². The van der Waals surface area contributed by atoms with Crippen LogP contribution in [0.5, 0.6) is 0 Å². The number of hydrogen-bond acceptors (Lipinski definition) is 2. The van der Waals surface area contributed by atoms with Gasteiger partial charge in [-0.15, -0.1) is 0 Å². The van der Waals surface area contributed by atoms with Crippen molar-refractivity contribution >= 4 is 5.82 Å². The second kappa shape index (κ2) is 3.65. The summed E-state index contributed by atoms with van der Waals surface area (Å²) in [5.74, 6) is -2.03. The second-order valence-corrected chi connectivity index (χ2v) is 5.07. The van der Waals surface area contributed by atoms with Crippen LogP contribution in [0.25, 0.3) is 0 Å². The molecule has 1 fully saturated rings. The van der Waals surface area contributed by atoms with Crippen molar-refractivity contribution in [3.63, 3.8) is 0 Å². The highest BCUT2D eigenvalue weighted by atomic mass is 19.3. The number of hydrogen-bond donors (Lipinski definition) is 0. The predicted octanol–water partition coefficient (Wildman–Crippen LogP) is 3.11. The van der Waals surface area contributed by atoms with Crippen molar-refractivity contribution in [1.29, 1.82) is 0 Å². The maximum absolute atomic E-state index is 13.8. The van der Waals surface area contributed by atoms with Crippen molar-refractivity contribution in [3.8, 4) is 0 Å². The highest BCUT2D eigenvalue weighted by Crippen LogP contribution is 2.40. The molecule has 1 atom stereocenters. The Bertz CT molecular complexity index is 445. The van der Waals surface area contributed by atoms with Gasteiger partial charge >= 0.3 is 0 Å². The molecule has 0 radical (unpaired) electrons. The predicted molar refractivity (Wildman–Crippen MR) is 62.5 cm³/mol. The molecule has 2 nitrogen and oxygen atoms in total. The molecule has 17 heavy (non-hydrogen) atoms. The van der Waals surface area contributed by atoms with Gasteiger partial charge in [-0.1, -0.05) is 6.07 Å². The SMILES string of the molecule is C[C@H]1CCN1c1ccc2c(n1)C(F)(F)CCC2. The fourth-order valence-corrected chi connectivity index (χ4v) is 2.63. The largest absolute Gasteiger partial charge is 0.354 e. The monoisotopic (exact) mass is 238 g/mol. The van der Waals surface area contributed by atoms with Crippen LogP contribution < -0.4 is 4.90 Å². The van der Waals surface area contributed by atoms with Crippen LogP contribution in [-0.4, -0.2) is 17.6 Å². The zero-order chi connectivity index (χ0) is 12.0. The molecular formula is C13H16F2N2. The molecular weight excluding hydrogens is 222 g/mol. The molecule has 2 heterocycles. The third-order valence-corrected chi connectivity index (χ3v) is 3.86. The van der Waals surface area contributed by atoms with Gasteiger partial charge in [0.05, 0.1) is 0 Å². The summed E-state index contributed by atoms with van der Waals surface area (Å²) >= 11 is 0. The zero-order valence-electron chi connectivity index (χ0n) is 9.92. The van der Waals surface area contributed by atoms with E-state index in [0.29, 0.717) is 18.3 Å². The fourth-order valence-electron chi connectivity index (χ4n) is 2.63. The summed E-state index contributed by atoms with van der Waals surface area (Å²) in [5.41, 5.74) is 0.735. The van der Waals surface area contributed by atoms with Gasteiger partial charge in [-0.2, -0.15) is 8.78 Å². The van der Waals surface area contributed by atoms with Crippen LogP contribution in [0.15, 0.2) is 12.1 Å². The van der Waals surface area contributed by atoms with Crippen LogP contribution in [0.4, 0.5) is 14.6 Å². The first-order valence-corrected chi connectivity index (χ1v) is 6.23. The average Bonchev–Trinajstić information content (AvgIpc) is 2.28. The molecule has 0 aromatic carbocycles. The van der Waals surface area contributed by atoms with Gasteiger partial charge in [-0.05, 0) is 37.8 Å². The Hall–Kier alpha value is -1.19. The van der Waals surface area contributed by atoms with Crippen LogP contribution in [-0.2, 0) is 12.3 Å². The van der Waals surface area contributed by atoms with E-state index in [1.54, 1.807) is 0 Å². The Morgan fingerprint density at radius 3 is 2.88 bits per heavy atom. The lowest BCUT2D eigenvalue weighted by atomic mass is 9.92. The van der Waals surface area contributed by atoms with Gasteiger partial charge in [-0.25, -0.2) is 4.98 Å². The smallest absolute Gasteiger partial charge is 0.290 e. The summed E-state index contributed by atoms with van der Waals surface area (Å²) in [6.45, 7) is 3.03. The number of anilines is 1. The molecule has 0 unspecified atom stereocenters. The summed E-state index contributed by atoms with van der Waals surface area (Å²) in [5, 5.41) is 0. The highest BCUT2D eigenvalue weighted by Gasteiger charge is 2.39. The first-order chi connectivity index (χ1) is 8.08. The van der Waals surface area contributed by atoms with Gasteiger partial charge in [-0.3, -0.25) is 0 Å². The van der Waals surface area contributed by atoms with Gasteiger partial charge in [0.15, 0.2) is 0 Å². The summed E-state index contributed by atoms with van der Waals surface area (Å²) in [4.78, 5) is 6.30. The molecule has 0 bridgehead atoms. The van der Waals surface area contributed by atoms with E-state index in [1.165, 1.54) is 0 Å². The molecule has 2 aliphatic rings. The van der Waals surface area contributed by atoms with E-state index in [0.717, 1.165) is 24.9 Å². The molecule has 0 amide bonds. The van der Waals surface area contributed by atoms with Crippen molar-refractivity contribution in [2.75, 3.05) is 11.4 Å². The standard InChI is InChI=1S/C13H16F2N2/c1-9-6-8-17(9)11-5-4-10-3-2-7-13(14,15)12(10)16-11/h4-5,9H,2-3,6-8H2,1H3/t9-/m0/s1. The number of alkyl halides is 2. The minimum absolute atomic E-state index is 0.0142. The third-order valence-electron chi connectivity index (χ3n) is 3.86. The molecule has 1 aliphatic carbocycles. The molecule has 1 saturated heterocycles. The second-order valence-electron chi connectivity index (χ2n) is 5.07. The number of rotatable bonds is 1. The number of aromatic nitrogens is 1. The van der Waals surface area contributed by atoms with E-state index < -0.39 is 5.92 Å². The van der Waals surface area contributed by atoms with E-state index in [1.807, 2.05) is 12.1 Å². The number of fused-ring (bicyclic) bond motifs is 1. The topological polar surface area (TPSA) is 16.1 Å². The molecule has 1 aromatic rings.